The molecule has 1 fully saturated rings. The molecule has 1 amide bonds. The number of amides is 1. The van der Waals surface area contributed by atoms with E-state index in [2.05, 4.69) is 28.1 Å². The smallest absolute Gasteiger partial charge is 0.219 e. The van der Waals surface area contributed by atoms with Crippen LogP contribution in [0.1, 0.15) is 30.9 Å². The number of likely N-dealkylation sites (tertiary alicyclic amines) is 1. The number of carbonyl (C=O) groups excluding carboxylic acids is 1. The zero-order valence-electron chi connectivity index (χ0n) is 15.9. The third kappa shape index (κ3) is 4.30. The molecule has 2 aliphatic rings. The second kappa shape index (κ2) is 8.09. The van der Waals surface area contributed by atoms with Crippen molar-refractivity contribution in [3.05, 3.63) is 59.9 Å². The summed E-state index contributed by atoms with van der Waals surface area (Å²) < 4.78 is 6.41. The molecule has 1 atom stereocenters. The first kappa shape index (κ1) is 18.0. The number of para-hydroxylation sites is 1. The highest BCUT2D eigenvalue weighted by atomic mass is 16.5. The van der Waals surface area contributed by atoms with Crippen molar-refractivity contribution >= 4 is 5.91 Å². The summed E-state index contributed by atoms with van der Waals surface area (Å²) in [6.07, 6.45) is 5.98. The van der Waals surface area contributed by atoms with Gasteiger partial charge in [0, 0.05) is 43.9 Å². The number of ether oxygens (including phenoxy) is 1. The van der Waals surface area contributed by atoms with Gasteiger partial charge in [0.1, 0.15) is 11.9 Å². The van der Waals surface area contributed by atoms with Gasteiger partial charge in [-0.1, -0.05) is 18.2 Å². The van der Waals surface area contributed by atoms with E-state index in [1.807, 2.05) is 35.5 Å². The van der Waals surface area contributed by atoms with Crippen molar-refractivity contribution in [1.29, 1.82) is 0 Å². The van der Waals surface area contributed by atoms with Crippen LogP contribution in [-0.4, -0.2) is 46.4 Å². The summed E-state index contributed by atoms with van der Waals surface area (Å²) in [7, 11) is 0. The topological polar surface area (TPSA) is 45.7 Å². The van der Waals surface area contributed by atoms with Crippen LogP contribution < -0.4 is 4.74 Å². The van der Waals surface area contributed by atoms with E-state index in [-0.39, 0.29) is 12.0 Å². The Hall–Kier alpha value is -2.40. The summed E-state index contributed by atoms with van der Waals surface area (Å²) in [6.45, 7) is 6.08. The van der Waals surface area contributed by atoms with E-state index in [9.17, 15) is 4.79 Å². The van der Waals surface area contributed by atoms with Gasteiger partial charge in [0.15, 0.2) is 0 Å². The van der Waals surface area contributed by atoms with E-state index in [1.54, 1.807) is 6.92 Å². The molecule has 0 unspecified atom stereocenters. The molecule has 0 N–H and O–H groups in total. The van der Waals surface area contributed by atoms with Gasteiger partial charge in [0.2, 0.25) is 5.91 Å². The standard InChI is InChI=1S/C22H27N3O2/c1-17(26)25-15-20-4-2-3-5-21(20)27-22(16-25)19-8-12-24(13-9-19)14-18-6-10-23-11-7-18/h2-7,10-11,19,22H,8-9,12-16H2,1H3/t22-/m0/s1. The number of benzene rings is 1. The lowest BCUT2D eigenvalue weighted by molar-refractivity contribution is -0.130. The van der Waals surface area contributed by atoms with Crippen molar-refractivity contribution < 1.29 is 9.53 Å². The molecule has 3 heterocycles. The predicted octanol–water partition coefficient (Wildman–Crippen LogP) is 3.10. The van der Waals surface area contributed by atoms with E-state index < -0.39 is 0 Å². The van der Waals surface area contributed by atoms with Crippen LogP contribution >= 0.6 is 0 Å². The van der Waals surface area contributed by atoms with Crippen LogP contribution in [0.2, 0.25) is 0 Å². The molecule has 27 heavy (non-hydrogen) atoms. The lowest BCUT2D eigenvalue weighted by atomic mass is 9.90. The Balaban J connectivity index is 1.41. The molecule has 2 aromatic rings. The number of rotatable bonds is 3. The number of hydrogen-bond acceptors (Lipinski definition) is 4. The van der Waals surface area contributed by atoms with Crippen LogP contribution in [0.3, 0.4) is 0 Å². The van der Waals surface area contributed by atoms with E-state index in [0.717, 1.165) is 43.8 Å². The van der Waals surface area contributed by atoms with Crippen LogP contribution in [0.4, 0.5) is 0 Å². The molecule has 0 spiro atoms. The zero-order chi connectivity index (χ0) is 18.6. The maximum Gasteiger partial charge on any atom is 0.219 e. The summed E-state index contributed by atoms with van der Waals surface area (Å²) in [5, 5.41) is 0. The van der Waals surface area contributed by atoms with Gasteiger partial charge in [-0.3, -0.25) is 14.7 Å². The minimum Gasteiger partial charge on any atom is -0.488 e. The molecule has 0 bridgehead atoms. The van der Waals surface area contributed by atoms with Crippen molar-refractivity contribution in [2.24, 2.45) is 5.92 Å². The summed E-state index contributed by atoms with van der Waals surface area (Å²) in [5.74, 6) is 1.53. The fourth-order valence-corrected chi connectivity index (χ4v) is 4.15. The molecule has 0 radical (unpaired) electrons. The van der Waals surface area contributed by atoms with E-state index in [0.29, 0.717) is 19.0 Å². The first-order valence-corrected chi connectivity index (χ1v) is 9.80. The molecule has 0 aliphatic carbocycles. The molecular formula is C22H27N3O2. The van der Waals surface area contributed by atoms with Crippen molar-refractivity contribution in [1.82, 2.24) is 14.8 Å². The summed E-state index contributed by atoms with van der Waals surface area (Å²) in [5.41, 5.74) is 2.41. The van der Waals surface area contributed by atoms with Crippen LogP contribution in [0.25, 0.3) is 0 Å². The largest absolute Gasteiger partial charge is 0.488 e. The van der Waals surface area contributed by atoms with Gasteiger partial charge in [-0.15, -0.1) is 0 Å². The zero-order valence-corrected chi connectivity index (χ0v) is 15.9. The Bertz CT molecular complexity index is 772. The third-order valence-corrected chi connectivity index (χ3v) is 5.77. The fourth-order valence-electron chi connectivity index (χ4n) is 4.15. The maximum atomic E-state index is 12.1. The number of hydrogen-bond donors (Lipinski definition) is 0. The van der Waals surface area contributed by atoms with Gasteiger partial charge >= 0.3 is 0 Å². The van der Waals surface area contributed by atoms with Gasteiger partial charge in [-0.05, 0) is 49.7 Å². The van der Waals surface area contributed by atoms with Crippen LogP contribution in [0, 0.1) is 5.92 Å². The van der Waals surface area contributed by atoms with Crippen LogP contribution in [0.15, 0.2) is 48.8 Å². The van der Waals surface area contributed by atoms with E-state index in [4.69, 9.17) is 4.74 Å². The number of carbonyl (C=O) groups is 1. The highest BCUT2D eigenvalue weighted by Crippen LogP contribution is 2.31. The first-order chi connectivity index (χ1) is 13.2. The Morgan fingerprint density at radius 1 is 1.15 bits per heavy atom. The number of pyridine rings is 1. The fraction of sp³-hybridized carbons (Fsp3) is 0.455. The normalized spacial score (nSPS) is 21.2. The number of piperidine rings is 1. The van der Waals surface area contributed by atoms with E-state index >= 15 is 0 Å². The van der Waals surface area contributed by atoms with Crippen molar-refractivity contribution in [3.63, 3.8) is 0 Å². The Morgan fingerprint density at radius 2 is 1.89 bits per heavy atom. The van der Waals surface area contributed by atoms with Gasteiger partial charge in [-0.2, -0.15) is 0 Å². The molecule has 1 aromatic heterocycles. The van der Waals surface area contributed by atoms with Gasteiger partial charge in [0.25, 0.3) is 0 Å². The molecule has 5 heteroatoms. The second-order valence-corrected chi connectivity index (χ2v) is 7.63. The van der Waals surface area contributed by atoms with Crippen molar-refractivity contribution in [3.8, 4) is 5.75 Å². The lowest BCUT2D eigenvalue weighted by Crippen LogP contribution is -2.44. The maximum absolute atomic E-state index is 12.1. The van der Waals surface area contributed by atoms with Crippen LogP contribution in [0.5, 0.6) is 5.75 Å². The quantitative estimate of drug-likeness (QED) is 0.838. The molecule has 1 aromatic carbocycles. The highest BCUT2D eigenvalue weighted by Gasteiger charge is 2.32. The summed E-state index contributed by atoms with van der Waals surface area (Å²) >= 11 is 0. The van der Waals surface area contributed by atoms with Crippen LogP contribution in [-0.2, 0) is 17.9 Å². The molecule has 1 saturated heterocycles. The number of nitrogens with zero attached hydrogens (tertiary/aromatic N) is 3. The Morgan fingerprint density at radius 3 is 2.63 bits per heavy atom. The third-order valence-electron chi connectivity index (χ3n) is 5.77. The summed E-state index contributed by atoms with van der Waals surface area (Å²) in [4.78, 5) is 20.6. The van der Waals surface area contributed by atoms with Gasteiger partial charge in [-0.25, -0.2) is 0 Å². The molecule has 142 valence electrons. The predicted molar refractivity (Wildman–Crippen MR) is 104 cm³/mol. The monoisotopic (exact) mass is 365 g/mol. The average molecular weight is 365 g/mol. The molecule has 5 nitrogen and oxygen atoms in total. The lowest BCUT2D eigenvalue weighted by Gasteiger charge is -2.36. The number of aromatic nitrogens is 1. The molecular weight excluding hydrogens is 338 g/mol. The summed E-state index contributed by atoms with van der Waals surface area (Å²) in [6, 6.07) is 12.3. The van der Waals surface area contributed by atoms with Crippen molar-refractivity contribution in [2.45, 2.75) is 39.0 Å². The second-order valence-electron chi connectivity index (χ2n) is 7.63. The van der Waals surface area contributed by atoms with E-state index in [1.165, 1.54) is 5.56 Å². The minimum absolute atomic E-state index is 0.0700. The minimum atomic E-state index is 0.0700. The Kier molecular flexibility index (Phi) is 5.39. The van der Waals surface area contributed by atoms with Crippen molar-refractivity contribution in [2.75, 3.05) is 19.6 Å². The Labute approximate surface area is 161 Å². The molecule has 0 saturated carbocycles. The van der Waals surface area contributed by atoms with Gasteiger partial charge in [0.05, 0.1) is 6.54 Å². The average Bonchev–Trinajstić information content (AvgIpc) is 2.89. The number of fused-ring (bicyclic) bond motifs is 1. The SMILES string of the molecule is CC(=O)N1Cc2ccccc2O[C@H](C2CCN(Cc3ccncc3)CC2)C1. The van der Waals surface area contributed by atoms with Gasteiger partial charge < -0.3 is 9.64 Å². The molecule has 4 rings (SSSR count). The first-order valence-electron chi connectivity index (χ1n) is 9.80. The highest BCUT2D eigenvalue weighted by molar-refractivity contribution is 5.73. The molecule has 2 aliphatic heterocycles.